The lowest BCUT2D eigenvalue weighted by Crippen LogP contribution is -2.29. The molecule has 0 heterocycles. The molecule has 0 unspecified atom stereocenters. The minimum atomic E-state index is -0.891. The summed E-state index contributed by atoms with van der Waals surface area (Å²) in [7, 11) is 1.57. The largest absolute Gasteiger partial charge is 0.396 e. The van der Waals surface area contributed by atoms with Gasteiger partial charge < -0.3 is 10.6 Å². The normalized spacial score (nSPS) is 10.4. The second-order valence-corrected chi connectivity index (χ2v) is 4.56. The summed E-state index contributed by atoms with van der Waals surface area (Å²) < 4.78 is 26.3. The van der Waals surface area contributed by atoms with Gasteiger partial charge in [0.2, 0.25) is 0 Å². The third-order valence-corrected chi connectivity index (χ3v) is 2.89. The van der Waals surface area contributed by atoms with E-state index >= 15 is 0 Å². The first-order valence-corrected chi connectivity index (χ1v) is 6.35. The first kappa shape index (κ1) is 13.8. The molecule has 17 heavy (non-hydrogen) atoms. The fourth-order valence-corrected chi connectivity index (χ4v) is 1.72. The van der Waals surface area contributed by atoms with Crippen molar-refractivity contribution in [3.8, 4) is 0 Å². The average Bonchev–Trinajstić information content (AvgIpc) is 2.29. The fourth-order valence-electron chi connectivity index (χ4n) is 1.27. The van der Waals surface area contributed by atoms with E-state index < -0.39 is 17.5 Å². The molecule has 6 heteroatoms. The van der Waals surface area contributed by atoms with E-state index in [9.17, 15) is 13.6 Å². The fraction of sp³-hybridized carbons (Fsp3) is 0.364. The van der Waals surface area contributed by atoms with Crippen LogP contribution >= 0.6 is 11.8 Å². The lowest BCUT2D eigenvalue weighted by Gasteiger charge is -2.17. The molecule has 94 valence electrons. The van der Waals surface area contributed by atoms with E-state index in [0.717, 1.165) is 11.8 Å². The van der Waals surface area contributed by atoms with Gasteiger partial charge in [-0.3, -0.25) is 4.79 Å². The summed E-state index contributed by atoms with van der Waals surface area (Å²) in [6.07, 6.45) is 1.91. The smallest absolute Gasteiger partial charge is 0.256 e. The second kappa shape index (κ2) is 5.86. The van der Waals surface area contributed by atoms with Crippen molar-refractivity contribution in [1.82, 2.24) is 4.90 Å². The summed E-state index contributed by atoms with van der Waals surface area (Å²) in [4.78, 5) is 13.2. The van der Waals surface area contributed by atoms with E-state index in [4.69, 9.17) is 5.73 Å². The molecule has 1 amide bonds. The van der Waals surface area contributed by atoms with E-state index in [-0.39, 0.29) is 11.3 Å². The van der Waals surface area contributed by atoms with Crippen LogP contribution in [0.4, 0.5) is 14.5 Å². The zero-order chi connectivity index (χ0) is 13.0. The molecule has 0 spiro atoms. The van der Waals surface area contributed by atoms with Gasteiger partial charge in [-0.25, -0.2) is 8.78 Å². The lowest BCUT2D eigenvalue weighted by atomic mass is 10.1. The molecule has 0 saturated heterocycles. The molecule has 0 saturated carbocycles. The molecule has 0 aliphatic heterocycles. The predicted molar refractivity (Wildman–Crippen MR) is 66.1 cm³/mol. The maximum Gasteiger partial charge on any atom is 0.256 e. The van der Waals surface area contributed by atoms with Gasteiger partial charge in [0, 0.05) is 25.4 Å². The van der Waals surface area contributed by atoms with Crippen LogP contribution in [0.3, 0.4) is 0 Å². The molecule has 0 fully saturated rings. The van der Waals surface area contributed by atoms with Crippen molar-refractivity contribution in [2.24, 2.45) is 0 Å². The number of amides is 1. The van der Waals surface area contributed by atoms with Gasteiger partial charge in [0.1, 0.15) is 11.6 Å². The highest BCUT2D eigenvalue weighted by molar-refractivity contribution is 7.98. The molecule has 0 aromatic heterocycles. The van der Waals surface area contributed by atoms with E-state index in [1.165, 1.54) is 4.90 Å². The quantitative estimate of drug-likeness (QED) is 0.842. The first-order valence-electron chi connectivity index (χ1n) is 4.96. The number of nitrogens with zero attached hydrogens (tertiary/aromatic N) is 1. The molecule has 0 aliphatic carbocycles. The monoisotopic (exact) mass is 260 g/mol. The highest BCUT2D eigenvalue weighted by Crippen LogP contribution is 2.18. The summed E-state index contributed by atoms with van der Waals surface area (Å²) >= 11 is 1.58. The molecule has 0 aliphatic rings. The summed E-state index contributed by atoms with van der Waals surface area (Å²) in [6, 6.07) is 1.66. The first-order chi connectivity index (χ1) is 7.97. The molecular weight excluding hydrogens is 246 g/mol. The Bertz CT molecular complexity index is 426. The van der Waals surface area contributed by atoms with Crippen molar-refractivity contribution in [2.45, 2.75) is 0 Å². The van der Waals surface area contributed by atoms with Gasteiger partial charge in [-0.05, 0) is 12.3 Å². The van der Waals surface area contributed by atoms with Gasteiger partial charge in [-0.1, -0.05) is 0 Å². The molecule has 3 nitrogen and oxygen atoms in total. The van der Waals surface area contributed by atoms with Crippen LogP contribution in [0.15, 0.2) is 12.1 Å². The number of benzene rings is 1. The number of halogens is 2. The van der Waals surface area contributed by atoms with E-state index in [2.05, 4.69) is 0 Å². The van der Waals surface area contributed by atoms with Crippen LogP contribution < -0.4 is 5.73 Å². The highest BCUT2D eigenvalue weighted by Gasteiger charge is 2.18. The van der Waals surface area contributed by atoms with Gasteiger partial charge in [0.05, 0.1) is 11.3 Å². The molecule has 1 rings (SSSR count). The summed E-state index contributed by atoms with van der Waals surface area (Å²) in [5, 5.41) is 0. The second-order valence-electron chi connectivity index (χ2n) is 3.57. The summed E-state index contributed by atoms with van der Waals surface area (Å²) in [5.74, 6) is -1.49. The topological polar surface area (TPSA) is 46.3 Å². The maximum atomic E-state index is 13.4. The Morgan fingerprint density at radius 1 is 1.41 bits per heavy atom. The van der Waals surface area contributed by atoms with Crippen LogP contribution in [0.5, 0.6) is 0 Å². The van der Waals surface area contributed by atoms with Gasteiger partial charge in [-0.15, -0.1) is 0 Å². The number of hydrogen-bond acceptors (Lipinski definition) is 3. The number of carbonyl (C=O) groups is 1. The maximum absolute atomic E-state index is 13.4. The Balaban J connectivity index is 2.92. The highest BCUT2D eigenvalue weighted by atomic mass is 32.2. The minimum absolute atomic E-state index is 0.201. The third-order valence-electron chi connectivity index (χ3n) is 2.29. The van der Waals surface area contributed by atoms with Crippen molar-refractivity contribution >= 4 is 23.4 Å². The van der Waals surface area contributed by atoms with Crippen LogP contribution in [0.1, 0.15) is 10.4 Å². The number of rotatable bonds is 4. The standard InChI is InChI=1S/C11H14F2N2OS/c1-15(3-4-17-2)11(16)7-5-10(14)9(13)6-8(7)12/h5-6H,3-4,14H2,1-2H3. The van der Waals surface area contributed by atoms with Crippen molar-refractivity contribution in [1.29, 1.82) is 0 Å². The van der Waals surface area contributed by atoms with Crippen LogP contribution in [0.2, 0.25) is 0 Å². The predicted octanol–water partition coefficient (Wildman–Crippen LogP) is 1.98. The van der Waals surface area contributed by atoms with Crippen LogP contribution in [0, 0.1) is 11.6 Å². The molecule has 0 bridgehead atoms. The molecule has 0 atom stereocenters. The molecule has 2 N–H and O–H groups in total. The third kappa shape index (κ3) is 3.33. The Labute approximate surface area is 103 Å². The molecule has 1 aromatic rings. The number of nitrogens with two attached hydrogens (primary N) is 1. The van der Waals surface area contributed by atoms with Crippen molar-refractivity contribution in [2.75, 3.05) is 31.3 Å². The Kier molecular flexibility index (Phi) is 4.74. The van der Waals surface area contributed by atoms with Gasteiger partial charge in [0.15, 0.2) is 0 Å². The lowest BCUT2D eigenvalue weighted by molar-refractivity contribution is 0.0799. The van der Waals surface area contributed by atoms with Crippen LogP contribution in [-0.4, -0.2) is 36.4 Å². The Morgan fingerprint density at radius 2 is 2.06 bits per heavy atom. The summed E-state index contributed by atoms with van der Waals surface area (Å²) in [6.45, 7) is 0.497. The Morgan fingerprint density at radius 3 is 2.65 bits per heavy atom. The van der Waals surface area contributed by atoms with Crippen LogP contribution in [0.25, 0.3) is 0 Å². The van der Waals surface area contributed by atoms with E-state index in [0.29, 0.717) is 12.6 Å². The zero-order valence-corrected chi connectivity index (χ0v) is 10.5. The van der Waals surface area contributed by atoms with Crippen LogP contribution in [-0.2, 0) is 0 Å². The minimum Gasteiger partial charge on any atom is -0.396 e. The van der Waals surface area contributed by atoms with Gasteiger partial charge in [0.25, 0.3) is 5.91 Å². The number of nitrogen functional groups attached to an aromatic ring is 1. The van der Waals surface area contributed by atoms with E-state index in [1.54, 1.807) is 18.8 Å². The average molecular weight is 260 g/mol. The number of anilines is 1. The van der Waals surface area contributed by atoms with Crippen molar-refractivity contribution < 1.29 is 13.6 Å². The van der Waals surface area contributed by atoms with Gasteiger partial charge >= 0.3 is 0 Å². The van der Waals surface area contributed by atoms with Crippen molar-refractivity contribution in [3.63, 3.8) is 0 Å². The zero-order valence-electron chi connectivity index (χ0n) is 9.67. The number of hydrogen-bond donors (Lipinski definition) is 1. The molecule has 0 radical (unpaired) electrons. The molecule has 1 aromatic carbocycles. The number of carbonyl (C=O) groups excluding carboxylic acids is 1. The SMILES string of the molecule is CSCCN(C)C(=O)c1cc(N)c(F)cc1F. The van der Waals surface area contributed by atoms with Crippen molar-refractivity contribution in [3.05, 3.63) is 29.3 Å². The summed E-state index contributed by atoms with van der Waals surface area (Å²) in [5.41, 5.74) is 4.88. The Hall–Kier alpha value is -1.30. The number of thioether (sulfide) groups is 1. The molecular formula is C11H14F2N2OS. The van der Waals surface area contributed by atoms with Gasteiger partial charge in [-0.2, -0.15) is 11.8 Å². The van der Waals surface area contributed by atoms with E-state index in [1.807, 2.05) is 6.26 Å².